The van der Waals surface area contributed by atoms with Gasteiger partial charge < -0.3 is 17.2 Å². The lowest BCUT2D eigenvalue weighted by molar-refractivity contribution is 1.12. The number of aromatic nitrogens is 6. The Labute approximate surface area is 280 Å². The van der Waals surface area contributed by atoms with Crippen LogP contribution in [0.1, 0.15) is 0 Å². The van der Waals surface area contributed by atoms with Crippen molar-refractivity contribution in [3.8, 4) is 33.8 Å². The maximum absolute atomic E-state index is 11.4. The zero-order valence-electron chi connectivity index (χ0n) is 23.1. The average molecular weight is 798 g/mol. The molecule has 0 aliphatic heterocycles. The van der Waals surface area contributed by atoms with Gasteiger partial charge in [-0.25, -0.2) is 15.0 Å². The number of rotatable bonds is 3. The Bertz CT molecular complexity index is 1850. The highest BCUT2D eigenvalue weighted by Gasteiger charge is 2.11. The van der Waals surface area contributed by atoms with Gasteiger partial charge in [-0.1, -0.05) is 91.0 Å². The molecule has 6 rings (SSSR count). The van der Waals surface area contributed by atoms with Crippen LogP contribution in [-0.4, -0.2) is 29.9 Å². The van der Waals surface area contributed by atoms with Crippen LogP contribution in [0.5, 0.6) is 0 Å². The number of H-pyrrole nitrogens is 3. The van der Waals surface area contributed by atoms with E-state index in [0.29, 0.717) is 30.5 Å². The molecule has 0 radical (unpaired) electrons. The third-order valence-corrected chi connectivity index (χ3v) is 7.99. The fourth-order valence-electron chi connectivity index (χ4n) is 3.79. The summed E-state index contributed by atoms with van der Waals surface area (Å²) in [5, 5.41) is 0. The van der Waals surface area contributed by atoms with E-state index in [0.717, 1.165) is 16.7 Å². The first-order valence-corrected chi connectivity index (χ1v) is 15.2. The molecule has 0 atom stereocenters. The van der Waals surface area contributed by atoms with Crippen LogP contribution in [-0.2, 0) is 0 Å². The molecule has 15 heteroatoms. The van der Waals surface area contributed by atoms with E-state index >= 15 is 0 Å². The van der Waals surface area contributed by atoms with E-state index in [-0.39, 0.29) is 34.5 Å². The molecule has 228 valence electrons. The minimum absolute atomic E-state index is 0.113. The van der Waals surface area contributed by atoms with Crippen molar-refractivity contribution in [2.75, 3.05) is 17.2 Å². The van der Waals surface area contributed by atoms with Gasteiger partial charge in [0.05, 0.1) is 17.1 Å². The second kappa shape index (κ2) is 15.2. The summed E-state index contributed by atoms with van der Waals surface area (Å²) in [5.41, 5.74) is 19.8. The molecule has 0 fully saturated rings. The van der Waals surface area contributed by atoms with Gasteiger partial charge in [-0.3, -0.25) is 29.3 Å². The van der Waals surface area contributed by atoms with Gasteiger partial charge in [-0.05, 0) is 47.8 Å². The van der Waals surface area contributed by atoms with Crippen molar-refractivity contribution < 1.29 is 0 Å². The van der Waals surface area contributed by atoms with Crippen LogP contribution in [0.4, 0.5) is 17.8 Å². The number of benzene rings is 3. The molecule has 3 heterocycles. The van der Waals surface area contributed by atoms with Gasteiger partial charge in [0.1, 0.15) is 13.4 Å². The number of halogens is 3. The van der Waals surface area contributed by atoms with Crippen molar-refractivity contribution in [3.63, 3.8) is 0 Å². The fourth-order valence-corrected chi connectivity index (χ4v) is 5.04. The van der Waals surface area contributed by atoms with E-state index < -0.39 is 0 Å². The van der Waals surface area contributed by atoms with Gasteiger partial charge in [-0.2, -0.15) is 0 Å². The van der Waals surface area contributed by atoms with E-state index in [4.69, 9.17) is 17.2 Å². The minimum Gasteiger partial charge on any atom is -0.369 e. The molecule has 0 bridgehead atoms. The van der Waals surface area contributed by atoms with Crippen LogP contribution >= 0.6 is 47.8 Å². The van der Waals surface area contributed by atoms with E-state index in [1.807, 2.05) is 91.0 Å². The highest BCUT2D eigenvalue weighted by atomic mass is 79.9. The van der Waals surface area contributed by atoms with Crippen LogP contribution in [0, 0.1) is 0 Å². The SMILES string of the molecule is Nc1nc(-c2ccccc2)c(Br)c(=O)[nH]1.Nc1nc(-c2ccccc2)c(Br)c(=O)[nH]1.Nc1nc(-c2ccccc2)c(Br)c(=O)[nH]1. The van der Waals surface area contributed by atoms with Crippen molar-refractivity contribution in [1.82, 2.24) is 29.9 Å². The Morgan fingerprint density at radius 1 is 0.422 bits per heavy atom. The molecule has 0 amide bonds. The number of nitrogens with zero attached hydrogens (tertiary/aromatic N) is 3. The molecule has 6 aromatic rings. The van der Waals surface area contributed by atoms with Gasteiger partial charge in [0.25, 0.3) is 16.7 Å². The Balaban J connectivity index is 0.000000154. The molecule has 9 N–H and O–H groups in total. The summed E-state index contributed by atoms with van der Waals surface area (Å²) in [7, 11) is 0. The minimum atomic E-state index is -0.277. The second-order valence-electron chi connectivity index (χ2n) is 8.94. The Hall–Kier alpha value is -4.86. The summed E-state index contributed by atoms with van der Waals surface area (Å²) in [6.07, 6.45) is 0. The molecule has 3 aromatic heterocycles. The number of aromatic amines is 3. The summed E-state index contributed by atoms with van der Waals surface area (Å²) in [5.74, 6) is 0.339. The molecule has 45 heavy (non-hydrogen) atoms. The van der Waals surface area contributed by atoms with Crippen molar-refractivity contribution in [3.05, 3.63) is 135 Å². The number of anilines is 3. The van der Waals surface area contributed by atoms with Crippen molar-refractivity contribution >= 4 is 65.6 Å². The molecular weight excluding hydrogens is 774 g/mol. The quantitative estimate of drug-likeness (QED) is 0.136. The Morgan fingerprint density at radius 3 is 0.867 bits per heavy atom. The van der Waals surface area contributed by atoms with Crippen molar-refractivity contribution in [1.29, 1.82) is 0 Å². The first-order chi connectivity index (χ1) is 21.5. The zero-order chi connectivity index (χ0) is 32.5. The monoisotopic (exact) mass is 795 g/mol. The van der Waals surface area contributed by atoms with Crippen LogP contribution in [0.2, 0.25) is 0 Å². The molecule has 0 aliphatic carbocycles. The number of hydrogen-bond acceptors (Lipinski definition) is 9. The van der Waals surface area contributed by atoms with Crippen molar-refractivity contribution in [2.24, 2.45) is 0 Å². The van der Waals surface area contributed by atoms with E-state index in [2.05, 4.69) is 77.7 Å². The van der Waals surface area contributed by atoms with Crippen LogP contribution in [0.3, 0.4) is 0 Å². The first kappa shape index (κ1) is 33.0. The normalized spacial score (nSPS) is 10.2. The largest absolute Gasteiger partial charge is 0.369 e. The first-order valence-electron chi connectivity index (χ1n) is 12.9. The Morgan fingerprint density at radius 2 is 0.644 bits per heavy atom. The summed E-state index contributed by atoms with van der Waals surface area (Å²) in [6.45, 7) is 0. The number of nitrogens with one attached hydrogen (secondary N) is 3. The smallest absolute Gasteiger partial charge is 0.267 e. The van der Waals surface area contributed by atoms with Crippen molar-refractivity contribution in [2.45, 2.75) is 0 Å². The van der Waals surface area contributed by atoms with Gasteiger partial charge in [0.2, 0.25) is 17.8 Å². The van der Waals surface area contributed by atoms with Gasteiger partial charge in [0.15, 0.2) is 0 Å². The lowest BCUT2D eigenvalue weighted by Crippen LogP contribution is -2.13. The second-order valence-corrected chi connectivity index (χ2v) is 11.3. The van der Waals surface area contributed by atoms with Crippen LogP contribution in [0.15, 0.2) is 119 Å². The van der Waals surface area contributed by atoms with Crippen LogP contribution in [0.25, 0.3) is 33.8 Å². The number of hydrogen-bond donors (Lipinski definition) is 6. The zero-order valence-corrected chi connectivity index (χ0v) is 27.9. The van der Waals surface area contributed by atoms with E-state index in [9.17, 15) is 14.4 Å². The van der Waals surface area contributed by atoms with Gasteiger partial charge >= 0.3 is 0 Å². The summed E-state index contributed by atoms with van der Waals surface area (Å²) >= 11 is 9.57. The molecule has 0 saturated heterocycles. The van der Waals surface area contributed by atoms with E-state index in [1.54, 1.807) is 0 Å². The molecule has 0 spiro atoms. The van der Waals surface area contributed by atoms with Crippen LogP contribution < -0.4 is 33.9 Å². The molecule has 0 aliphatic rings. The maximum atomic E-state index is 11.4. The number of nitrogens with two attached hydrogens (primary N) is 3. The predicted molar refractivity (Wildman–Crippen MR) is 187 cm³/mol. The summed E-state index contributed by atoms with van der Waals surface area (Å²) in [6, 6.07) is 28.1. The van der Waals surface area contributed by atoms with E-state index in [1.165, 1.54) is 0 Å². The summed E-state index contributed by atoms with van der Waals surface area (Å²) in [4.78, 5) is 53.7. The van der Waals surface area contributed by atoms with Gasteiger partial charge in [-0.15, -0.1) is 0 Å². The molecule has 0 saturated carbocycles. The molecule has 3 aromatic carbocycles. The highest BCUT2D eigenvalue weighted by Crippen LogP contribution is 2.25. The lowest BCUT2D eigenvalue weighted by atomic mass is 10.1. The predicted octanol–water partition coefficient (Wildman–Crippen LogP) is 5.34. The Kier molecular flexibility index (Phi) is 11.2. The molecule has 12 nitrogen and oxygen atoms in total. The molecule has 0 unspecified atom stereocenters. The number of nitrogen functional groups attached to an aromatic ring is 3. The molecular formula is C30H24Br3N9O3. The topological polar surface area (TPSA) is 215 Å². The average Bonchev–Trinajstić information content (AvgIpc) is 3.04. The maximum Gasteiger partial charge on any atom is 0.267 e. The third-order valence-electron chi connectivity index (χ3n) is 5.79. The van der Waals surface area contributed by atoms with Gasteiger partial charge in [0, 0.05) is 16.7 Å². The lowest BCUT2D eigenvalue weighted by Gasteiger charge is -2.03. The standard InChI is InChI=1S/3C10H8BrN3O/c3*11-7-8(6-4-2-1-3-5-6)13-10(12)14-9(7)15/h3*1-5H,(H3,12,13,14,15). The third kappa shape index (κ3) is 8.62. The highest BCUT2D eigenvalue weighted by molar-refractivity contribution is 9.11. The summed E-state index contributed by atoms with van der Waals surface area (Å²) < 4.78 is 1.17. The fraction of sp³-hybridized carbons (Fsp3) is 0.